The van der Waals surface area contributed by atoms with Crippen molar-refractivity contribution in [3.8, 4) is 0 Å². The molecule has 1 unspecified atom stereocenters. The van der Waals surface area contributed by atoms with Crippen LogP contribution in [0.2, 0.25) is 0 Å². The third-order valence-corrected chi connectivity index (χ3v) is 7.82. The van der Waals surface area contributed by atoms with E-state index in [9.17, 15) is 19.2 Å². The second kappa shape index (κ2) is 9.46. The van der Waals surface area contributed by atoms with E-state index in [1.807, 2.05) is 23.1 Å². The van der Waals surface area contributed by atoms with Crippen molar-refractivity contribution in [3.63, 3.8) is 0 Å². The third kappa shape index (κ3) is 4.46. The van der Waals surface area contributed by atoms with Crippen LogP contribution in [0.4, 0.5) is 0 Å². The molecule has 4 heterocycles. The number of carbonyl (C=O) groups excluding carboxylic acids is 4. The maximum absolute atomic E-state index is 13.3. The zero-order valence-electron chi connectivity index (χ0n) is 19.5. The SMILES string of the molecule is NC1CCN(C(=O)C2CCN(Cc3cccc4c3C(=O)N(C3CCC(=O)NC3=O)C4)CC2)CC1. The summed E-state index contributed by atoms with van der Waals surface area (Å²) in [5.74, 6) is -0.467. The fourth-order valence-corrected chi connectivity index (χ4v) is 5.78. The largest absolute Gasteiger partial charge is 0.342 e. The predicted octanol–water partition coefficient (Wildman–Crippen LogP) is 0.609. The Bertz CT molecular complexity index is 995. The number of nitrogens with two attached hydrogens (primary N) is 1. The molecule has 9 nitrogen and oxygen atoms in total. The van der Waals surface area contributed by atoms with Crippen molar-refractivity contribution in [1.29, 1.82) is 0 Å². The summed E-state index contributed by atoms with van der Waals surface area (Å²) in [6.45, 7) is 4.21. The van der Waals surface area contributed by atoms with Crippen LogP contribution in [0.3, 0.4) is 0 Å². The Morgan fingerprint density at radius 3 is 2.44 bits per heavy atom. The topological polar surface area (TPSA) is 116 Å². The molecule has 1 aromatic rings. The van der Waals surface area contributed by atoms with Crippen LogP contribution in [0.1, 0.15) is 60.0 Å². The van der Waals surface area contributed by atoms with E-state index >= 15 is 0 Å². The zero-order valence-corrected chi connectivity index (χ0v) is 19.5. The van der Waals surface area contributed by atoms with Crippen LogP contribution in [0.25, 0.3) is 0 Å². The molecule has 3 fully saturated rings. The van der Waals surface area contributed by atoms with Crippen molar-refractivity contribution in [3.05, 3.63) is 34.9 Å². The molecule has 9 heteroatoms. The van der Waals surface area contributed by atoms with Gasteiger partial charge < -0.3 is 15.5 Å². The molecule has 1 atom stereocenters. The summed E-state index contributed by atoms with van der Waals surface area (Å²) in [6.07, 6.45) is 4.03. The maximum Gasteiger partial charge on any atom is 0.255 e. The van der Waals surface area contributed by atoms with Crippen LogP contribution in [-0.4, -0.2) is 76.6 Å². The van der Waals surface area contributed by atoms with Gasteiger partial charge in [-0.25, -0.2) is 0 Å². The van der Waals surface area contributed by atoms with Gasteiger partial charge in [0.05, 0.1) is 0 Å². The Hall–Kier alpha value is -2.78. The average Bonchev–Trinajstić information content (AvgIpc) is 3.17. The first-order valence-corrected chi connectivity index (χ1v) is 12.4. The van der Waals surface area contributed by atoms with Gasteiger partial charge in [0.25, 0.3) is 5.91 Å². The van der Waals surface area contributed by atoms with Crippen molar-refractivity contribution in [2.75, 3.05) is 26.2 Å². The molecule has 1 aromatic carbocycles. The van der Waals surface area contributed by atoms with Crippen molar-refractivity contribution in [2.45, 2.75) is 63.7 Å². The Morgan fingerprint density at radius 1 is 1.00 bits per heavy atom. The maximum atomic E-state index is 13.3. The van der Waals surface area contributed by atoms with Crippen LogP contribution < -0.4 is 11.1 Å². The molecule has 0 radical (unpaired) electrons. The van der Waals surface area contributed by atoms with Gasteiger partial charge in [-0.2, -0.15) is 0 Å². The molecular formula is C25H33N5O4. The number of nitrogens with zero attached hydrogens (tertiary/aromatic N) is 3. The van der Waals surface area contributed by atoms with E-state index in [2.05, 4.69) is 10.2 Å². The van der Waals surface area contributed by atoms with Crippen LogP contribution in [0, 0.1) is 5.92 Å². The second-order valence-corrected chi connectivity index (χ2v) is 10.1. The average molecular weight is 468 g/mol. The normalized spacial score (nSPS) is 25.0. The molecule has 0 spiro atoms. The predicted molar refractivity (Wildman–Crippen MR) is 124 cm³/mol. The molecule has 0 aromatic heterocycles. The Morgan fingerprint density at radius 2 is 1.74 bits per heavy atom. The highest BCUT2D eigenvalue weighted by molar-refractivity contribution is 6.06. The minimum Gasteiger partial charge on any atom is -0.342 e. The first-order chi connectivity index (χ1) is 16.4. The number of hydrogen-bond donors (Lipinski definition) is 2. The summed E-state index contributed by atoms with van der Waals surface area (Å²) in [4.78, 5) is 56.0. The molecule has 5 rings (SSSR count). The van der Waals surface area contributed by atoms with E-state index in [1.54, 1.807) is 4.90 Å². The van der Waals surface area contributed by atoms with E-state index < -0.39 is 6.04 Å². The molecule has 34 heavy (non-hydrogen) atoms. The van der Waals surface area contributed by atoms with Crippen molar-refractivity contribution in [1.82, 2.24) is 20.0 Å². The molecule has 4 aliphatic rings. The van der Waals surface area contributed by atoms with Crippen LogP contribution in [0.5, 0.6) is 0 Å². The number of benzene rings is 1. The molecule has 3 N–H and O–H groups in total. The fraction of sp³-hybridized carbons (Fsp3) is 0.600. The lowest BCUT2D eigenvalue weighted by molar-refractivity contribution is -0.138. The van der Waals surface area contributed by atoms with Gasteiger partial charge in [0.2, 0.25) is 17.7 Å². The first kappa shape index (κ1) is 23.0. The van der Waals surface area contributed by atoms with Gasteiger partial charge in [0.1, 0.15) is 6.04 Å². The fourth-order valence-electron chi connectivity index (χ4n) is 5.78. The number of carbonyl (C=O) groups is 4. The van der Waals surface area contributed by atoms with Gasteiger partial charge in [-0.1, -0.05) is 18.2 Å². The number of fused-ring (bicyclic) bond motifs is 1. The number of rotatable bonds is 4. The number of imide groups is 1. The number of nitrogens with one attached hydrogen (secondary N) is 1. The molecule has 0 bridgehead atoms. The summed E-state index contributed by atoms with van der Waals surface area (Å²) >= 11 is 0. The quantitative estimate of drug-likeness (QED) is 0.627. The number of likely N-dealkylation sites (tertiary alicyclic amines) is 2. The number of hydrogen-bond acceptors (Lipinski definition) is 6. The minimum absolute atomic E-state index is 0.0664. The Kier molecular flexibility index (Phi) is 6.40. The van der Waals surface area contributed by atoms with Crippen molar-refractivity contribution >= 4 is 23.6 Å². The summed E-state index contributed by atoms with van der Waals surface area (Å²) in [5.41, 5.74) is 8.56. The van der Waals surface area contributed by atoms with Gasteiger partial charge in [-0.15, -0.1) is 0 Å². The Balaban J connectivity index is 1.20. The summed E-state index contributed by atoms with van der Waals surface area (Å²) in [5, 5.41) is 2.36. The molecule has 0 aliphatic carbocycles. The highest BCUT2D eigenvalue weighted by Crippen LogP contribution is 2.31. The van der Waals surface area contributed by atoms with E-state index in [4.69, 9.17) is 5.73 Å². The van der Waals surface area contributed by atoms with Crippen molar-refractivity contribution in [2.24, 2.45) is 11.7 Å². The summed E-state index contributed by atoms with van der Waals surface area (Å²) in [6, 6.07) is 5.51. The van der Waals surface area contributed by atoms with Gasteiger partial charge in [0.15, 0.2) is 0 Å². The molecule has 0 saturated carbocycles. The van der Waals surface area contributed by atoms with E-state index in [-0.39, 0.29) is 42.0 Å². The van der Waals surface area contributed by atoms with Gasteiger partial charge in [0, 0.05) is 50.1 Å². The van der Waals surface area contributed by atoms with E-state index in [0.717, 1.165) is 63.0 Å². The molecule has 3 saturated heterocycles. The van der Waals surface area contributed by atoms with Crippen LogP contribution in [-0.2, 0) is 27.5 Å². The molecular weight excluding hydrogens is 434 g/mol. The highest BCUT2D eigenvalue weighted by atomic mass is 16.2. The lowest BCUT2D eigenvalue weighted by atomic mass is 9.93. The first-order valence-electron chi connectivity index (χ1n) is 12.4. The van der Waals surface area contributed by atoms with Gasteiger partial charge in [-0.05, 0) is 56.3 Å². The van der Waals surface area contributed by atoms with E-state index in [1.165, 1.54) is 0 Å². The van der Waals surface area contributed by atoms with Crippen LogP contribution >= 0.6 is 0 Å². The standard InChI is InChI=1S/C25H33N5O4/c26-19-8-12-29(13-9-19)24(33)16-6-10-28(11-7-16)14-17-2-1-3-18-15-30(25(34)22(17)18)20-4-5-21(31)27-23(20)32/h1-3,16,19-20H,4-15,26H2,(H,27,31,32). The van der Waals surface area contributed by atoms with Gasteiger partial charge >= 0.3 is 0 Å². The third-order valence-electron chi connectivity index (χ3n) is 7.82. The molecule has 4 amide bonds. The number of piperidine rings is 3. The lowest BCUT2D eigenvalue weighted by Crippen LogP contribution is -2.52. The highest BCUT2D eigenvalue weighted by Gasteiger charge is 2.40. The molecule has 182 valence electrons. The second-order valence-electron chi connectivity index (χ2n) is 10.1. The zero-order chi connectivity index (χ0) is 23.8. The lowest BCUT2D eigenvalue weighted by Gasteiger charge is -2.36. The Labute approximate surface area is 199 Å². The molecule has 4 aliphatic heterocycles. The minimum atomic E-state index is -0.600. The van der Waals surface area contributed by atoms with E-state index in [0.29, 0.717) is 25.1 Å². The summed E-state index contributed by atoms with van der Waals surface area (Å²) < 4.78 is 0. The smallest absolute Gasteiger partial charge is 0.255 e. The van der Waals surface area contributed by atoms with Gasteiger partial charge in [-0.3, -0.25) is 29.4 Å². The van der Waals surface area contributed by atoms with Crippen molar-refractivity contribution < 1.29 is 19.2 Å². The number of amides is 4. The summed E-state index contributed by atoms with van der Waals surface area (Å²) in [7, 11) is 0. The van der Waals surface area contributed by atoms with Crippen LogP contribution in [0.15, 0.2) is 18.2 Å². The monoisotopic (exact) mass is 467 g/mol.